The molecule has 0 bridgehead atoms. The van der Waals surface area contributed by atoms with Crippen LogP contribution < -0.4 is 10.2 Å². The Morgan fingerprint density at radius 1 is 1.00 bits per heavy atom. The number of hydrogen-bond acceptors (Lipinski definition) is 6. The first-order valence-corrected chi connectivity index (χ1v) is 3.06. The first-order valence-electron chi connectivity index (χ1n) is 3.06. The van der Waals surface area contributed by atoms with Crippen LogP contribution in [-0.2, 0) is 9.59 Å². The number of aliphatic carboxylic acids is 2. The van der Waals surface area contributed by atoms with Crippen molar-refractivity contribution in [1.29, 1.82) is 0 Å². The molecule has 0 amide bonds. The van der Waals surface area contributed by atoms with Crippen LogP contribution in [0.25, 0.3) is 0 Å². The van der Waals surface area contributed by atoms with Gasteiger partial charge in [-0.1, -0.05) is 0 Å². The summed E-state index contributed by atoms with van der Waals surface area (Å²) in [6, 6.07) is 0. The quantitative estimate of drug-likeness (QED) is 0.499. The van der Waals surface area contributed by atoms with Crippen LogP contribution in [0.15, 0.2) is 0 Å². The summed E-state index contributed by atoms with van der Waals surface area (Å²) in [7, 11) is 0. The summed E-state index contributed by atoms with van der Waals surface area (Å²) >= 11 is 0. The first kappa shape index (κ1) is 18.4. The number of aliphatic hydroxyl groups is 2. The van der Waals surface area contributed by atoms with Crippen LogP contribution in [0.1, 0.15) is 13.8 Å². The van der Waals surface area contributed by atoms with Crippen LogP contribution in [0.5, 0.6) is 0 Å². The van der Waals surface area contributed by atoms with Crippen LogP contribution >= 0.6 is 0 Å². The van der Waals surface area contributed by atoms with E-state index in [1.807, 2.05) is 0 Å². The summed E-state index contributed by atoms with van der Waals surface area (Å²) in [5, 5.41) is 34.6. The summed E-state index contributed by atoms with van der Waals surface area (Å²) in [6.45, 7) is 2.27. The number of carbonyl (C=O) groups excluding carboxylic acids is 2. The second kappa shape index (κ2) is 9.74. The van der Waals surface area contributed by atoms with Gasteiger partial charge in [-0.2, -0.15) is 0 Å². The molecule has 0 aliphatic heterocycles. The van der Waals surface area contributed by atoms with Crippen molar-refractivity contribution in [3.8, 4) is 0 Å². The molecule has 0 saturated carbocycles. The van der Waals surface area contributed by atoms with Crippen LogP contribution in [0.3, 0.4) is 0 Å². The molecule has 0 aliphatic rings. The maximum absolute atomic E-state index is 9.34. The first-order chi connectivity index (χ1) is 5.29. The van der Waals surface area contributed by atoms with E-state index in [0.29, 0.717) is 0 Å². The Balaban J connectivity index is -0.000000143. The van der Waals surface area contributed by atoms with Crippen LogP contribution in [-0.4, -0.2) is 58.3 Å². The van der Waals surface area contributed by atoms with Gasteiger partial charge in [-0.3, -0.25) is 0 Å². The van der Waals surface area contributed by atoms with Gasteiger partial charge in [0.05, 0.1) is 24.1 Å². The van der Waals surface area contributed by atoms with Crippen molar-refractivity contribution >= 4 is 35.8 Å². The smallest absolute Gasteiger partial charge is 0.547 e. The van der Waals surface area contributed by atoms with E-state index in [4.69, 9.17) is 10.2 Å². The van der Waals surface area contributed by atoms with E-state index in [1.54, 1.807) is 0 Å². The number of carboxylic acids is 2. The Hall–Kier alpha value is -0.341. The fourth-order valence-corrected chi connectivity index (χ4v) is 0. The molecule has 2 radical (unpaired) electrons. The number of carbonyl (C=O) groups is 2. The van der Waals surface area contributed by atoms with E-state index in [0.717, 1.165) is 13.8 Å². The van der Waals surface area contributed by atoms with Crippen molar-refractivity contribution in [2.75, 3.05) is 0 Å². The molecule has 2 atom stereocenters. The van der Waals surface area contributed by atoms with Crippen molar-refractivity contribution < 1.29 is 30.0 Å². The molecule has 74 valence electrons. The molecule has 0 heterocycles. The van der Waals surface area contributed by atoms with Crippen molar-refractivity contribution in [2.45, 2.75) is 26.1 Å². The van der Waals surface area contributed by atoms with Crippen LogP contribution in [0, 0.1) is 0 Å². The summed E-state index contributed by atoms with van der Waals surface area (Å²) in [6.07, 6.45) is -2.69. The number of carboxylic acid groups (broad SMARTS) is 2. The molecule has 0 aromatic rings. The second-order valence-corrected chi connectivity index (χ2v) is 1.99. The fraction of sp³-hybridized carbons (Fsp3) is 0.667. The zero-order chi connectivity index (χ0) is 10.3. The molecule has 13 heavy (non-hydrogen) atoms. The molecule has 0 aromatic carbocycles. The molecule has 0 rings (SSSR count). The van der Waals surface area contributed by atoms with Crippen molar-refractivity contribution in [3.05, 3.63) is 0 Å². The molecule has 2 N–H and O–H groups in total. The molecule has 2 unspecified atom stereocenters. The number of rotatable bonds is 2. The third kappa shape index (κ3) is 18.5. The Labute approximate surface area is 92.1 Å². The van der Waals surface area contributed by atoms with Crippen molar-refractivity contribution in [2.24, 2.45) is 0 Å². The molecular formula is C6H10O6Sn. The second-order valence-electron chi connectivity index (χ2n) is 1.99. The Kier molecular flexibility index (Phi) is 13.8. The average molecular weight is 297 g/mol. The van der Waals surface area contributed by atoms with E-state index in [9.17, 15) is 19.8 Å². The summed E-state index contributed by atoms with van der Waals surface area (Å²) < 4.78 is 0. The van der Waals surface area contributed by atoms with E-state index < -0.39 is 24.1 Å². The van der Waals surface area contributed by atoms with Crippen molar-refractivity contribution in [1.82, 2.24) is 0 Å². The summed E-state index contributed by atoms with van der Waals surface area (Å²) in [4.78, 5) is 18.7. The molecule has 0 aromatic heterocycles. The Morgan fingerprint density at radius 2 is 1.08 bits per heavy atom. The SMILES string of the molecule is CC(O)C(=O)[O-].CC(O)C(=O)[O-].[Sn+2]. The van der Waals surface area contributed by atoms with Gasteiger partial charge < -0.3 is 30.0 Å². The third-order valence-corrected chi connectivity index (χ3v) is 0.682. The molecule has 7 heteroatoms. The normalized spacial score (nSPS) is 12.6. The third-order valence-electron chi connectivity index (χ3n) is 0.682. The van der Waals surface area contributed by atoms with E-state index >= 15 is 0 Å². The van der Waals surface area contributed by atoms with E-state index in [-0.39, 0.29) is 23.9 Å². The van der Waals surface area contributed by atoms with Gasteiger partial charge in [0.15, 0.2) is 0 Å². The standard InChI is InChI=1S/2C3H6O3.Sn/c2*1-2(4)3(5)6;/h2*2,4H,1H3,(H,5,6);/q;;+2/p-2. The maximum atomic E-state index is 9.34. The minimum atomic E-state index is -1.44. The average Bonchev–Trinajstić information content (AvgIpc) is 1.88. The van der Waals surface area contributed by atoms with Crippen LogP contribution in [0.2, 0.25) is 0 Å². The van der Waals surface area contributed by atoms with Gasteiger partial charge in [0.1, 0.15) is 0 Å². The predicted octanol–water partition coefficient (Wildman–Crippen LogP) is -4.15. The fourth-order valence-electron chi connectivity index (χ4n) is 0. The van der Waals surface area contributed by atoms with Crippen LogP contribution in [0.4, 0.5) is 0 Å². The van der Waals surface area contributed by atoms with Gasteiger partial charge in [-0.15, -0.1) is 0 Å². The monoisotopic (exact) mass is 298 g/mol. The van der Waals surface area contributed by atoms with Gasteiger partial charge in [0.25, 0.3) is 0 Å². The largest absolute Gasteiger partial charge is 2.00 e. The molecule has 6 nitrogen and oxygen atoms in total. The zero-order valence-corrected chi connectivity index (χ0v) is 10.0. The van der Waals surface area contributed by atoms with Gasteiger partial charge >= 0.3 is 23.9 Å². The van der Waals surface area contributed by atoms with E-state index in [2.05, 4.69) is 0 Å². The predicted molar refractivity (Wildman–Crippen MR) is 39.1 cm³/mol. The van der Waals surface area contributed by atoms with Gasteiger partial charge in [0, 0.05) is 0 Å². The van der Waals surface area contributed by atoms with Gasteiger partial charge in [0.2, 0.25) is 0 Å². The molecule has 0 aliphatic carbocycles. The molecule has 0 fully saturated rings. The van der Waals surface area contributed by atoms with Gasteiger partial charge in [-0.05, 0) is 13.8 Å². The minimum Gasteiger partial charge on any atom is -0.547 e. The number of aliphatic hydroxyl groups excluding tert-OH is 2. The topological polar surface area (TPSA) is 121 Å². The molecular weight excluding hydrogens is 287 g/mol. The van der Waals surface area contributed by atoms with Crippen molar-refractivity contribution in [3.63, 3.8) is 0 Å². The maximum Gasteiger partial charge on any atom is 2.00 e. The summed E-state index contributed by atoms with van der Waals surface area (Å²) in [5.41, 5.74) is 0. The van der Waals surface area contributed by atoms with Gasteiger partial charge in [-0.25, -0.2) is 0 Å². The number of hydrogen-bond donors (Lipinski definition) is 2. The summed E-state index contributed by atoms with van der Waals surface area (Å²) in [5.74, 6) is -2.87. The minimum absolute atomic E-state index is 0. The Bertz CT molecular complexity index is 137. The zero-order valence-electron chi connectivity index (χ0n) is 7.18. The Morgan fingerprint density at radius 3 is 1.08 bits per heavy atom. The molecule has 0 saturated heterocycles. The van der Waals surface area contributed by atoms with E-state index in [1.165, 1.54) is 0 Å². The molecule has 0 spiro atoms.